The first-order valence-corrected chi connectivity index (χ1v) is 2.73. The molecule has 49 valence electrons. The zero-order chi connectivity index (χ0) is 6.97. The Morgan fingerprint density at radius 2 is 2.50 bits per heavy atom. The minimum absolute atomic E-state index is 0.235. The van der Waals surface area contributed by atoms with Crippen LogP contribution in [0.25, 0.3) is 5.65 Å². The zero-order valence-electron chi connectivity index (χ0n) is 4.95. The first-order valence-electron chi connectivity index (χ1n) is 2.73. The van der Waals surface area contributed by atoms with Gasteiger partial charge in [-0.2, -0.15) is 5.10 Å². The van der Waals surface area contributed by atoms with E-state index in [9.17, 15) is 4.39 Å². The smallest absolute Gasteiger partial charge is 0.191 e. The molecule has 0 aliphatic rings. The second kappa shape index (κ2) is 1.76. The minimum Gasteiger partial charge on any atom is -0.234 e. The van der Waals surface area contributed by atoms with Crippen molar-refractivity contribution in [2.75, 3.05) is 0 Å². The van der Waals surface area contributed by atoms with Gasteiger partial charge in [-0.05, 0) is 0 Å². The summed E-state index contributed by atoms with van der Waals surface area (Å²) in [5, 5.41) is 3.67. The van der Waals surface area contributed by atoms with Gasteiger partial charge >= 0.3 is 0 Å². The molecule has 4 heteroatoms. The van der Waals surface area contributed by atoms with Crippen molar-refractivity contribution in [3.8, 4) is 0 Å². The highest BCUT2D eigenvalue weighted by Crippen LogP contribution is 2.01. The molecule has 1 radical (unpaired) electrons. The van der Waals surface area contributed by atoms with Crippen molar-refractivity contribution in [3.63, 3.8) is 0 Å². The van der Waals surface area contributed by atoms with E-state index in [4.69, 9.17) is 0 Å². The maximum atomic E-state index is 12.6. The van der Waals surface area contributed by atoms with Gasteiger partial charge in [0.05, 0.1) is 6.20 Å². The summed E-state index contributed by atoms with van der Waals surface area (Å²) in [6.07, 6.45) is 4.04. The van der Waals surface area contributed by atoms with E-state index < -0.39 is 5.82 Å². The summed E-state index contributed by atoms with van der Waals surface area (Å²) in [4.78, 5) is 3.71. The fourth-order valence-corrected chi connectivity index (χ4v) is 0.752. The highest BCUT2D eigenvalue weighted by atomic mass is 19.1. The van der Waals surface area contributed by atoms with Crippen LogP contribution >= 0.6 is 0 Å². The maximum Gasteiger partial charge on any atom is 0.191 e. The lowest BCUT2D eigenvalue weighted by atomic mass is 10.6. The van der Waals surface area contributed by atoms with Crippen molar-refractivity contribution in [2.45, 2.75) is 0 Å². The third kappa shape index (κ3) is 0.586. The summed E-state index contributed by atoms with van der Waals surface area (Å²) in [5.74, 6) is -0.408. The highest BCUT2D eigenvalue weighted by Gasteiger charge is 2.00. The Bertz CT molecular complexity index is 355. The zero-order valence-corrected chi connectivity index (χ0v) is 4.95. The summed E-state index contributed by atoms with van der Waals surface area (Å²) in [6.45, 7) is 0. The van der Waals surface area contributed by atoms with Gasteiger partial charge in [-0.3, -0.25) is 0 Å². The molecule has 0 N–H and O–H groups in total. The van der Waals surface area contributed by atoms with Crippen molar-refractivity contribution in [1.82, 2.24) is 14.6 Å². The van der Waals surface area contributed by atoms with E-state index >= 15 is 0 Å². The van der Waals surface area contributed by atoms with Gasteiger partial charge in [0.2, 0.25) is 0 Å². The van der Waals surface area contributed by atoms with Gasteiger partial charge in [0.15, 0.2) is 11.5 Å². The number of aromatic nitrogens is 3. The van der Waals surface area contributed by atoms with E-state index in [0.717, 1.165) is 6.20 Å². The van der Waals surface area contributed by atoms with Crippen LogP contribution in [0, 0.1) is 11.9 Å². The predicted octanol–water partition coefficient (Wildman–Crippen LogP) is 0.669. The van der Waals surface area contributed by atoms with Crippen LogP contribution < -0.4 is 0 Å². The van der Waals surface area contributed by atoms with Gasteiger partial charge in [0.1, 0.15) is 0 Å². The molecule has 0 saturated carbocycles. The Labute approximate surface area is 56.1 Å². The minimum atomic E-state index is -0.408. The van der Waals surface area contributed by atoms with Gasteiger partial charge in [-0.1, -0.05) is 0 Å². The molecule has 0 spiro atoms. The Morgan fingerprint density at radius 3 is 3.30 bits per heavy atom. The Hall–Kier alpha value is -1.45. The summed E-state index contributed by atoms with van der Waals surface area (Å²) in [6, 6.07) is 2.67. The molecule has 0 aromatic carbocycles. The van der Waals surface area contributed by atoms with Gasteiger partial charge in [-0.15, -0.1) is 0 Å². The molecule has 2 rings (SSSR count). The standard InChI is InChI=1S/C6H3FN3/c7-5-4-9-10-3-1-2-8-6(5)10/h2-4H. The van der Waals surface area contributed by atoms with E-state index in [1.54, 1.807) is 0 Å². The molecule has 0 aliphatic heterocycles. The Balaban J connectivity index is 2.93. The molecule has 2 heterocycles. The summed E-state index contributed by atoms with van der Waals surface area (Å²) in [7, 11) is 0. The fourth-order valence-electron chi connectivity index (χ4n) is 0.752. The van der Waals surface area contributed by atoms with Crippen LogP contribution in [0.15, 0.2) is 18.6 Å². The molecule has 0 atom stereocenters. The number of rotatable bonds is 0. The second-order valence-electron chi connectivity index (χ2n) is 1.81. The lowest BCUT2D eigenvalue weighted by molar-refractivity contribution is 0.636. The topological polar surface area (TPSA) is 30.2 Å². The number of halogens is 1. The lowest BCUT2D eigenvalue weighted by Crippen LogP contribution is -1.87. The number of fused-ring (bicyclic) bond motifs is 1. The van der Waals surface area contributed by atoms with Crippen LogP contribution in [0.2, 0.25) is 0 Å². The van der Waals surface area contributed by atoms with Crippen LogP contribution in [0.5, 0.6) is 0 Å². The summed E-state index contributed by atoms with van der Waals surface area (Å²) in [5.41, 5.74) is 0.235. The van der Waals surface area contributed by atoms with E-state index in [-0.39, 0.29) is 5.65 Å². The van der Waals surface area contributed by atoms with Gasteiger partial charge in [-0.25, -0.2) is 13.9 Å². The van der Waals surface area contributed by atoms with Crippen molar-refractivity contribution in [3.05, 3.63) is 30.5 Å². The van der Waals surface area contributed by atoms with E-state index in [1.807, 2.05) is 0 Å². The molecule has 2 aromatic heterocycles. The number of hydrogen-bond donors (Lipinski definition) is 0. The normalized spacial score (nSPS) is 10.5. The molecule has 2 aromatic rings. The van der Waals surface area contributed by atoms with Crippen LogP contribution in [-0.4, -0.2) is 14.6 Å². The predicted molar refractivity (Wildman–Crippen MR) is 31.8 cm³/mol. The van der Waals surface area contributed by atoms with E-state index in [2.05, 4.69) is 16.1 Å². The molecule has 0 unspecified atom stereocenters. The number of nitrogens with zero attached hydrogens (tertiary/aromatic N) is 3. The van der Waals surface area contributed by atoms with Gasteiger partial charge in [0.25, 0.3) is 0 Å². The molecular formula is C6H3FN3. The van der Waals surface area contributed by atoms with Crippen molar-refractivity contribution in [1.29, 1.82) is 0 Å². The first kappa shape index (κ1) is 5.34. The lowest BCUT2D eigenvalue weighted by Gasteiger charge is -1.86. The Morgan fingerprint density at radius 1 is 1.60 bits per heavy atom. The van der Waals surface area contributed by atoms with Crippen LogP contribution in [0.3, 0.4) is 0 Å². The molecule has 0 aliphatic carbocycles. The monoisotopic (exact) mass is 136 g/mol. The van der Waals surface area contributed by atoms with Crippen LogP contribution in [-0.2, 0) is 0 Å². The largest absolute Gasteiger partial charge is 0.234 e. The van der Waals surface area contributed by atoms with Crippen molar-refractivity contribution in [2.24, 2.45) is 0 Å². The fraction of sp³-hybridized carbons (Fsp3) is 0. The summed E-state index contributed by atoms with van der Waals surface area (Å²) < 4.78 is 13.9. The summed E-state index contributed by atoms with van der Waals surface area (Å²) >= 11 is 0. The van der Waals surface area contributed by atoms with Gasteiger partial charge < -0.3 is 0 Å². The molecule has 10 heavy (non-hydrogen) atoms. The molecular weight excluding hydrogens is 133 g/mol. The molecule has 3 nitrogen and oxygen atoms in total. The SMILES string of the molecule is Fc1cnn2c[c]cnc12. The van der Waals surface area contributed by atoms with E-state index in [0.29, 0.717) is 0 Å². The number of hydrogen-bond acceptors (Lipinski definition) is 2. The average Bonchev–Trinajstić information content (AvgIpc) is 2.34. The first-order chi connectivity index (χ1) is 4.88. The second-order valence-corrected chi connectivity index (χ2v) is 1.81. The van der Waals surface area contributed by atoms with Crippen molar-refractivity contribution < 1.29 is 4.39 Å². The van der Waals surface area contributed by atoms with Gasteiger partial charge in [0, 0.05) is 18.5 Å². The quantitative estimate of drug-likeness (QED) is 0.532. The molecule has 0 saturated heterocycles. The third-order valence-corrected chi connectivity index (χ3v) is 1.18. The maximum absolute atomic E-state index is 12.6. The average molecular weight is 136 g/mol. The Kier molecular flexibility index (Phi) is 0.943. The molecule has 0 bridgehead atoms. The van der Waals surface area contributed by atoms with E-state index in [1.165, 1.54) is 16.9 Å². The molecule has 0 fully saturated rings. The van der Waals surface area contributed by atoms with Crippen LogP contribution in [0.1, 0.15) is 0 Å². The molecule has 0 amide bonds. The highest BCUT2D eigenvalue weighted by molar-refractivity contribution is 5.36. The van der Waals surface area contributed by atoms with Crippen molar-refractivity contribution >= 4 is 5.65 Å². The third-order valence-electron chi connectivity index (χ3n) is 1.18. The van der Waals surface area contributed by atoms with Crippen LogP contribution in [0.4, 0.5) is 4.39 Å².